The minimum Gasteiger partial charge on any atom is -0.819 e. The Balaban J connectivity index is -0.000000107. The average Bonchev–Trinajstić information content (AvgIpc) is 1.12. The molecule has 1 atom stereocenters. The second-order valence-corrected chi connectivity index (χ2v) is 8.08. The molecular weight excluding hydrogens is 304 g/mol. The summed E-state index contributed by atoms with van der Waals surface area (Å²) in [5.74, 6) is 0. The van der Waals surface area contributed by atoms with E-state index in [9.17, 15) is 4.89 Å². The average molecular weight is 308 g/mol. The molecule has 4 N–H and O–H groups in total. The first-order valence-corrected chi connectivity index (χ1v) is 7.88. The van der Waals surface area contributed by atoms with Crippen LogP contribution in [0.3, 0.4) is 0 Å². The van der Waals surface area contributed by atoms with Crippen LogP contribution in [-0.4, -0.2) is 19.6 Å². The maximum absolute atomic E-state index is 9.40. The summed E-state index contributed by atoms with van der Waals surface area (Å²) >= 11 is 11.1. The third-order valence-corrected chi connectivity index (χ3v) is 0. The zero-order valence-corrected chi connectivity index (χ0v) is 12.2. The second-order valence-electron chi connectivity index (χ2n) is 0.982. The first-order chi connectivity index (χ1) is 4.00. The molecule has 11 heavy (non-hydrogen) atoms. The van der Waals surface area contributed by atoms with E-state index >= 15 is 0 Å². The van der Waals surface area contributed by atoms with Crippen molar-refractivity contribution in [3.63, 3.8) is 0 Å². The molecule has 0 radical (unpaired) electrons. The van der Waals surface area contributed by atoms with Crippen molar-refractivity contribution in [2.24, 2.45) is 0 Å². The van der Waals surface area contributed by atoms with E-state index in [0.29, 0.717) is 0 Å². The van der Waals surface area contributed by atoms with Crippen LogP contribution in [0.25, 0.3) is 0 Å². The largest absolute Gasteiger partial charge is 2.00 e. The van der Waals surface area contributed by atoms with Crippen LogP contribution in [0.2, 0.25) is 0 Å². The van der Waals surface area contributed by atoms with Crippen molar-refractivity contribution in [3.05, 3.63) is 0 Å². The van der Waals surface area contributed by atoms with E-state index in [0.717, 1.165) is 0 Å². The van der Waals surface area contributed by atoms with Crippen molar-refractivity contribution >= 4 is 48.3 Å². The van der Waals surface area contributed by atoms with Crippen molar-refractivity contribution in [1.29, 1.82) is 0 Å². The zero-order chi connectivity index (χ0) is 9.00. The Morgan fingerprint density at radius 3 is 1.09 bits per heavy atom. The molecule has 5 nitrogen and oxygen atoms in total. The van der Waals surface area contributed by atoms with Crippen molar-refractivity contribution in [3.8, 4) is 0 Å². The first-order valence-electron chi connectivity index (χ1n) is 1.53. The predicted molar refractivity (Wildman–Crippen MR) is 44.8 cm³/mol. The molecule has 11 heteroatoms. The third-order valence-electron chi connectivity index (χ3n) is 0. The van der Waals surface area contributed by atoms with Crippen LogP contribution in [-0.2, 0) is 55.3 Å². The molecule has 0 saturated heterocycles. The summed E-state index contributed by atoms with van der Waals surface area (Å²) in [7, 11) is 0. The molecule has 0 spiro atoms. The first kappa shape index (κ1) is 18.8. The van der Waals surface area contributed by atoms with Crippen molar-refractivity contribution in [2.75, 3.05) is 0 Å². The van der Waals surface area contributed by atoms with Crippen LogP contribution < -0.4 is 4.89 Å². The van der Waals surface area contributed by atoms with E-state index < -0.39 is 12.4 Å². The molecule has 0 amide bonds. The molecular formula is H4O5P2S3Zn. The maximum atomic E-state index is 9.40. The van der Waals surface area contributed by atoms with Crippen molar-refractivity contribution in [1.82, 2.24) is 0 Å². The summed E-state index contributed by atoms with van der Waals surface area (Å²) in [6.45, 7) is -3.81. The zero-order valence-electron chi connectivity index (χ0n) is 5.02. The maximum Gasteiger partial charge on any atom is 2.00 e. The molecule has 64 valence electrons. The van der Waals surface area contributed by atoms with E-state index in [4.69, 9.17) is 19.6 Å². The standard InChI is InChI=1S/H3O3PS.H3O2PS2.Zn/c1-4(2,3)5;1-3(2,4)5;/h(H3,1,2,3,5);(H3,1,2,4,5);/q;;+2/p-2. The van der Waals surface area contributed by atoms with Gasteiger partial charge in [-0.15, -0.1) is 17.5 Å². The van der Waals surface area contributed by atoms with Crippen LogP contribution in [0.4, 0.5) is 0 Å². The van der Waals surface area contributed by atoms with Gasteiger partial charge in [-0.05, 0) is 11.8 Å². The molecule has 0 heterocycles. The van der Waals surface area contributed by atoms with Crippen LogP contribution in [0, 0.1) is 0 Å². The topological polar surface area (TPSA) is 104 Å². The Labute approximate surface area is 91.8 Å². The Morgan fingerprint density at radius 2 is 1.09 bits per heavy atom. The fraction of sp³-hybridized carbons (Fsp3) is 0. The number of rotatable bonds is 0. The van der Waals surface area contributed by atoms with E-state index in [1.165, 1.54) is 0 Å². The van der Waals surface area contributed by atoms with Crippen LogP contribution in [0.1, 0.15) is 0 Å². The SMILES string of the molecule is OP(O)(O)=S.[O-]P(O)(=S)[S-].[Zn+2]. The van der Waals surface area contributed by atoms with Crippen molar-refractivity contribution in [2.45, 2.75) is 0 Å². The van der Waals surface area contributed by atoms with Gasteiger partial charge in [0.1, 0.15) is 0 Å². The molecule has 0 saturated carbocycles. The Bertz CT molecular complexity index is 132. The molecule has 0 aliphatic rings. The fourth-order valence-electron chi connectivity index (χ4n) is 0. The number of hydrogen-bond acceptors (Lipinski definition) is 4. The minimum absolute atomic E-state index is 0. The van der Waals surface area contributed by atoms with Gasteiger partial charge in [-0.3, -0.25) is 0 Å². The summed E-state index contributed by atoms with van der Waals surface area (Å²) in [6, 6.07) is 0. The van der Waals surface area contributed by atoms with Gasteiger partial charge in [-0.2, -0.15) is 0 Å². The second kappa shape index (κ2) is 7.47. The van der Waals surface area contributed by atoms with Gasteiger partial charge in [0.2, 0.25) is 0 Å². The molecule has 0 aliphatic carbocycles. The fourth-order valence-corrected chi connectivity index (χ4v) is 0. The smallest absolute Gasteiger partial charge is 0.819 e. The minimum atomic E-state index is -3.81. The van der Waals surface area contributed by atoms with Gasteiger partial charge in [0, 0.05) is 0 Å². The van der Waals surface area contributed by atoms with Crippen molar-refractivity contribution < 1.29 is 43.9 Å². The van der Waals surface area contributed by atoms with Gasteiger partial charge in [0.05, 0.1) is 0 Å². The van der Waals surface area contributed by atoms with Gasteiger partial charge in [0.25, 0.3) is 0 Å². The summed E-state index contributed by atoms with van der Waals surface area (Å²) < 4.78 is 0. The van der Waals surface area contributed by atoms with Gasteiger partial charge in [0.15, 0.2) is 0 Å². The van der Waals surface area contributed by atoms with Gasteiger partial charge in [-0.1, -0.05) is 0 Å². The van der Waals surface area contributed by atoms with E-state index in [-0.39, 0.29) is 19.5 Å². The van der Waals surface area contributed by atoms with Crippen LogP contribution in [0.5, 0.6) is 0 Å². The quantitative estimate of drug-likeness (QED) is 0.238. The molecule has 0 aromatic rings. The Morgan fingerprint density at radius 1 is 1.09 bits per heavy atom. The summed E-state index contributed by atoms with van der Waals surface area (Å²) in [6.07, 6.45) is 0. The predicted octanol–water partition coefficient (Wildman–Crippen LogP) is -1.70. The van der Waals surface area contributed by atoms with Gasteiger partial charge in [-0.25, -0.2) is 0 Å². The Kier molecular flexibility index (Phi) is 12.8. The summed E-state index contributed by atoms with van der Waals surface area (Å²) in [5, 5.41) is 0. The Hall–Kier alpha value is 2.07. The molecule has 0 bridgehead atoms. The number of hydrogen-bond donors (Lipinski definition) is 4. The van der Waals surface area contributed by atoms with Gasteiger partial charge >= 0.3 is 26.2 Å². The molecule has 0 fully saturated rings. The monoisotopic (exact) mass is 306 g/mol. The van der Waals surface area contributed by atoms with E-state index in [2.05, 4.69) is 35.9 Å². The van der Waals surface area contributed by atoms with E-state index in [1.807, 2.05) is 0 Å². The van der Waals surface area contributed by atoms with Crippen LogP contribution in [0.15, 0.2) is 0 Å². The summed E-state index contributed by atoms with van der Waals surface area (Å²) in [4.78, 5) is 39.8. The van der Waals surface area contributed by atoms with Crippen LogP contribution >= 0.6 is 12.4 Å². The summed E-state index contributed by atoms with van der Waals surface area (Å²) in [5.41, 5.74) is -3.47. The molecule has 1 unspecified atom stereocenters. The molecule has 0 aliphatic heterocycles. The molecule has 0 aromatic carbocycles. The third kappa shape index (κ3) is 285. The molecule has 0 rings (SSSR count). The van der Waals surface area contributed by atoms with E-state index in [1.54, 1.807) is 0 Å². The van der Waals surface area contributed by atoms with Gasteiger partial charge < -0.3 is 36.7 Å². The molecule has 0 aromatic heterocycles. The normalized spacial score (nSPS) is 15.1.